The van der Waals surface area contributed by atoms with E-state index in [9.17, 15) is 4.79 Å². The quantitative estimate of drug-likeness (QED) is 0.754. The number of hydrogen-bond acceptors (Lipinski definition) is 2. The molecule has 92 valence electrons. The van der Waals surface area contributed by atoms with Crippen molar-refractivity contribution < 1.29 is 0 Å². The third kappa shape index (κ3) is 3.20. The number of nitrogens with two attached hydrogens (primary N) is 1. The molecule has 0 radical (unpaired) electrons. The van der Waals surface area contributed by atoms with Gasteiger partial charge in [0, 0.05) is 5.54 Å². The minimum absolute atomic E-state index is 0.105. The zero-order valence-electron chi connectivity index (χ0n) is 10.3. The molecule has 0 spiro atoms. The van der Waals surface area contributed by atoms with E-state index in [0.717, 1.165) is 30.3 Å². The van der Waals surface area contributed by atoms with Gasteiger partial charge in [0.1, 0.15) is 0 Å². The Kier molecular flexibility index (Phi) is 3.07. The molecule has 0 bridgehead atoms. The smallest absolute Gasteiger partial charge is 0.323 e. The third-order valence-electron chi connectivity index (χ3n) is 2.87. The zero-order valence-corrected chi connectivity index (χ0v) is 10.3. The first-order valence-electron chi connectivity index (χ1n) is 5.94. The van der Waals surface area contributed by atoms with Crippen molar-refractivity contribution in [2.75, 3.05) is 0 Å². The molecule has 0 atom stereocenters. The molecule has 0 unspecified atom stereocenters. The van der Waals surface area contributed by atoms with Gasteiger partial charge in [-0.05, 0) is 50.8 Å². The van der Waals surface area contributed by atoms with E-state index in [0.29, 0.717) is 0 Å². The average molecular weight is 233 g/mol. The highest BCUT2D eigenvalue weighted by molar-refractivity contribution is 5.74. The molecule has 0 saturated carbocycles. The van der Waals surface area contributed by atoms with E-state index >= 15 is 0 Å². The summed E-state index contributed by atoms with van der Waals surface area (Å²) in [6.45, 7) is 4.08. The van der Waals surface area contributed by atoms with Gasteiger partial charge >= 0.3 is 5.69 Å². The van der Waals surface area contributed by atoms with Gasteiger partial charge in [0.25, 0.3) is 0 Å². The standard InChI is InChI=1S/C13H19N3O/c1-13(2,14)7-3-4-9-5-6-10-11(8-9)16-12(17)15-10/h5-6,8H,3-4,7,14H2,1-2H3,(H2,15,16,17). The Balaban J connectivity index is 2.06. The van der Waals surface area contributed by atoms with Crippen molar-refractivity contribution in [3.8, 4) is 0 Å². The Morgan fingerprint density at radius 2 is 1.94 bits per heavy atom. The van der Waals surface area contributed by atoms with E-state index in [1.165, 1.54) is 5.56 Å². The molecule has 0 saturated heterocycles. The summed E-state index contributed by atoms with van der Waals surface area (Å²) in [6, 6.07) is 6.02. The number of aromatic nitrogens is 2. The summed E-state index contributed by atoms with van der Waals surface area (Å²) in [5.74, 6) is 0. The Labute approximate surface area is 100 Å². The minimum atomic E-state index is -0.153. The molecule has 17 heavy (non-hydrogen) atoms. The fourth-order valence-corrected chi connectivity index (χ4v) is 1.98. The fraction of sp³-hybridized carbons (Fsp3) is 0.462. The first kappa shape index (κ1) is 11.9. The van der Waals surface area contributed by atoms with Crippen molar-refractivity contribution in [1.29, 1.82) is 0 Å². The molecule has 0 fully saturated rings. The SMILES string of the molecule is CC(C)(N)CCCc1ccc2[nH]c(=O)[nH]c2c1. The highest BCUT2D eigenvalue weighted by Crippen LogP contribution is 2.15. The van der Waals surface area contributed by atoms with E-state index < -0.39 is 0 Å². The van der Waals surface area contributed by atoms with E-state index in [2.05, 4.69) is 16.0 Å². The Hall–Kier alpha value is -1.55. The number of aromatic amines is 2. The number of fused-ring (bicyclic) bond motifs is 1. The summed E-state index contributed by atoms with van der Waals surface area (Å²) in [5.41, 5.74) is 8.65. The monoisotopic (exact) mass is 233 g/mol. The van der Waals surface area contributed by atoms with Crippen LogP contribution in [0.3, 0.4) is 0 Å². The van der Waals surface area contributed by atoms with Crippen LogP contribution >= 0.6 is 0 Å². The van der Waals surface area contributed by atoms with Crippen molar-refractivity contribution in [2.45, 2.75) is 38.6 Å². The molecule has 0 aliphatic heterocycles. The molecule has 1 aromatic carbocycles. The van der Waals surface area contributed by atoms with Gasteiger partial charge in [-0.15, -0.1) is 0 Å². The van der Waals surface area contributed by atoms with Gasteiger partial charge in [0.15, 0.2) is 0 Å². The van der Waals surface area contributed by atoms with Crippen LogP contribution in [-0.4, -0.2) is 15.5 Å². The maximum Gasteiger partial charge on any atom is 0.323 e. The van der Waals surface area contributed by atoms with E-state index in [1.54, 1.807) is 0 Å². The number of aryl methyl sites for hydroxylation is 1. The van der Waals surface area contributed by atoms with Crippen LogP contribution in [0.4, 0.5) is 0 Å². The molecule has 1 aromatic heterocycles. The molecule has 4 nitrogen and oxygen atoms in total. The predicted molar refractivity (Wildman–Crippen MR) is 70.1 cm³/mol. The van der Waals surface area contributed by atoms with Crippen LogP contribution in [0.2, 0.25) is 0 Å². The number of H-pyrrole nitrogens is 2. The van der Waals surface area contributed by atoms with Gasteiger partial charge in [-0.3, -0.25) is 0 Å². The second-order valence-corrected chi connectivity index (χ2v) is 5.30. The Morgan fingerprint density at radius 3 is 2.65 bits per heavy atom. The highest BCUT2D eigenvalue weighted by Gasteiger charge is 2.09. The summed E-state index contributed by atoms with van der Waals surface area (Å²) in [5, 5.41) is 0. The van der Waals surface area contributed by atoms with E-state index in [-0.39, 0.29) is 11.2 Å². The van der Waals surface area contributed by atoms with Crippen LogP contribution in [-0.2, 0) is 6.42 Å². The molecule has 0 aliphatic rings. The van der Waals surface area contributed by atoms with Gasteiger partial charge in [-0.25, -0.2) is 4.79 Å². The molecule has 0 aliphatic carbocycles. The van der Waals surface area contributed by atoms with Crippen molar-refractivity contribution in [3.63, 3.8) is 0 Å². The molecule has 2 rings (SSSR count). The lowest BCUT2D eigenvalue weighted by molar-refractivity contribution is 0.459. The van der Waals surface area contributed by atoms with Gasteiger partial charge in [0.05, 0.1) is 11.0 Å². The Morgan fingerprint density at radius 1 is 1.24 bits per heavy atom. The fourth-order valence-electron chi connectivity index (χ4n) is 1.98. The second kappa shape index (κ2) is 4.37. The lowest BCUT2D eigenvalue weighted by atomic mass is 9.97. The van der Waals surface area contributed by atoms with Crippen LogP contribution in [0.5, 0.6) is 0 Å². The molecule has 1 heterocycles. The molecule has 0 amide bonds. The molecular formula is C13H19N3O. The van der Waals surface area contributed by atoms with Gasteiger partial charge < -0.3 is 15.7 Å². The maximum atomic E-state index is 11.1. The lowest BCUT2D eigenvalue weighted by Gasteiger charge is -2.17. The topological polar surface area (TPSA) is 74.7 Å². The van der Waals surface area contributed by atoms with Crippen molar-refractivity contribution in [2.24, 2.45) is 5.73 Å². The zero-order chi connectivity index (χ0) is 12.5. The minimum Gasteiger partial charge on any atom is -0.326 e. The highest BCUT2D eigenvalue weighted by atomic mass is 16.1. The normalized spacial score (nSPS) is 12.2. The van der Waals surface area contributed by atoms with Gasteiger partial charge in [-0.2, -0.15) is 0 Å². The molecule has 4 heteroatoms. The van der Waals surface area contributed by atoms with E-state index in [1.807, 2.05) is 26.0 Å². The summed E-state index contributed by atoms with van der Waals surface area (Å²) in [6.07, 6.45) is 3.04. The van der Waals surface area contributed by atoms with Crippen LogP contribution in [0.25, 0.3) is 11.0 Å². The average Bonchev–Trinajstić information content (AvgIpc) is 2.55. The summed E-state index contributed by atoms with van der Waals surface area (Å²) >= 11 is 0. The number of hydrogen-bond donors (Lipinski definition) is 3. The van der Waals surface area contributed by atoms with Crippen LogP contribution < -0.4 is 11.4 Å². The second-order valence-electron chi connectivity index (χ2n) is 5.30. The third-order valence-corrected chi connectivity index (χ3v) is 2.87. The predicted octanol–water partition coefficient (Wildman–Crippen LogP) is 1.92. The first-order chi connectivity index (χ1) is 7.94. The Bertz CT molecular complexity index is 560. The molecule has 2 aromatic rings. The van der Waals surface area contributed by atoms with Crippen molar-refractivity contribution >= 4 is 11.0 Å². The summed E-state index contributed by atoms with van der Waals surface area (Å²) in [4.78, 5) is 16.6. The van der Waals surface area contributed by atoms with Crippen molar-refractivity contribution in [3.05, 3.63) is 34.2 Å². The van der Waals surface area contributed by atoms with Crippen LogP contribution in [0.1, 0.15) is 32.3 Å². The summed E-state index contributed by atoms with van der Waals surface area (Å²) < 4.78 is 0. The first-order valence-corrected chi connectivity index (χ1v) is 5.94. The van der Waals surface area contributed by atoms with Gasteiger partial charge in [0.2, 0.25) is 0 Å². The number of benzene rings is 1. The molecular weight excluding hydrogens is 214 g/mol. The lowest BCUT2D eigenvalue weighted by Crippen LogP contribution is -2.31. The maximum absolute atomic E-state index is 11.1. The van der Waals surface area contributed by atoms with Gasteiger partial charge in [-0.1, -0.05) is 6.07 Å². The van der Waals surface area contributed by atoms with Crippen LogP contribution in [0, 0.1) is 0 Å². The molecule has 4 N–H and O–H groups in total. The number of rotatable bonds is 4. The van der Waals surface area contributed by atoms with Crippen molar-refractivity contribution in [1.82, 2.24) is 9.97 Å². The van der Waals surface area contributed by atoms with E-state index in [4.69, 9.17) is 5.73 Å². The van der Waals surface area contributed by atoms with Crippen LogP contribution in [0.15, 0.2) is 23.0 Å². The number of nitrogens with one attached hydrogen (secondary N) is 2. The summed E-state index contributed by atoms with van der Waals surface area (Å²) in [7, 11) is 0. The number of imidazole rings is 1. The largest absolute Gasteiger partial charge is 0.326 e.